The zero-order valence-corrected chi connectivity index (χ0v) is 14.6. The molecule has 0 radical (unpaired) electrons. The first-order chi connectivity index (χ1) is 11.8. The Morgan fingerprint density at radius 3 is 2.44 bits per heavy atom. The number of hydrogen-bond donors (Lipinski definition) is 1. The third-order valence-electron chi connectivity index (χ3n) is 3.87. The van der Waals surface area contributed by atoms with Crippen LogP contribution in [0.15, 0.2) is 48.5 Å². The molecule has 0 atom stereocenters. The molecule has 0 spiro atoms. The summed E-state index contributed by atoms with van der Waals surface area (Å²) in [4.78, 5) is 14.4. The number of carbonyl (C=O) groups is 1. The summed E-state index contributed by atoms with van der Waals surface area (Å²) >= 11 is 0. The number of rotatable bonds is 6. The van der Waals surface area contributed by atoms with Gasteiger partial charge in [-0.05, 0) is 54.8 Å². The van der Waals surface area contributed by atoms with Crippen molar-refractivity contribution < 1.29 is 17.6 Å². The van der Waals surface area contributed by atoms with Gasteiger partial charge in [0.15, 0.2) is 0 Å². The Morgan fingerprint density at radius 1 is 1.20 bits per heavy atom. The van der Waals surface area contributed by atoms with E-state index in [1.165, 1.54) is 12.1 Å². The van der Waals surface area contributed by atoms with E-state index < -0.39 is 10.0 Å². The van der Waals surface area contributed by atoms with E-state index in [1.54, 1.807) is 41.3 Å². The topological polar surface area (TPSA) is 66.5 Å². The fraction of sp³-hybridized carbons (Fsp3) is 0.278. The summed E-state index contributed by atoms with van der Waals surface area (Å²) < 4.78 is 38.2. The van der Waals surface area contributed by atoms with Crippen molar-refractivity contribution in [1.29, 1.82) is 0 Å². The summed E-state index contributed by atoms with van der Waals surface area (Å²) in [6, 6.07) is 12.9. The Balaban J connectivity index is 1.78. The molecule has 0 aliphatic heterocycles. The fourth-order valence-corrected chi connectivity index (χ4v) is 3.27. The van der Waals surface area contributed by atoms with Gasteiger partial charge in [-0.15, -0.1) is 0 Å². The molecule has 0 aromatic heterocycles. The molecule has 1 aliphatic rings. The molecule has 1 fully saturated rings. The number of benzene rings is 2. The molecule has 1 saturated carbocycles. The maximum absolute atomic E-state index is 13.3. The Hall–Kier alpha value is -2.41. The molecule has 2 aromatic rings. The van der Waals surface area contributed by atoms with Crippen molar-refractivity contribution in [3.05, 3.63) is 59.9 Å². The predicted molar refractivity (Wildman–Crippen MR) is 95.5 cm³/mol. The first kappa shape index (κ1) is 17.4. The van der Waals surface area contributed by atoms with Crippen LogP contribution in [0.3, 0.4) is 0 Å². The highest BCUT2D eigenvalue weighted by atomic mass is 32.2. The van der Waals surface area contributed by atoms with Gasteiger partial charge in [-0.25, -0.2) is 12.8 Å². The second-order valence-corrected chi connectivity index (χ2v) is 7.97. The Morgan fingerprint density at radius 2 is 1.88 bits per heavy atom. The third kappa shape index (κ3) is 4.79. The Kier molecular flexibility index (Phi) is 4.76. The number of halogens is 1. The summed E-state index contributed by atoms with van der Waals surface area (Å²) in [7, 11) is -3.34. The second-order valence-electron chi connectivity index (χ2n) is 6.22. The molecule has 0 unspecified atom stereocenters. The van der Waals surface area contributed by atoms with Gasteiger partial charge >= 0.3 is 0 Å². The summed E-state index contributed by atoms with van der Waals surface area (Å²) in [5, 5.41) is 0. The van der Waals surface area contributed by atoms with Crippen LogP contribution in [0.1, 0.15) is 18.4 Å². The van der Waals surface area contributed by atoms with E-state index in [1.807, 2.05) is 0 Å². The van der Waals surface area contributed by atoms with Crippen LogP contribution in [0, 0.1) is 5.82 Å². The second kappa shape index (κ2) is 6.84. The summed E-state index contributed by atoms with van der Waals surface area (Å²) in [6.45, 7) is 0. The van der Waals surface area contributed by atoms with Gasteiger partial charge in [-0.3, -0.25) is 9.52 Å². The molecule has 25 heavy (non-hydrogen) atoms. The van der Waals surface area contributed by atoms with E-state index in [0.717, 1.165) is 19.1 Å². The number of amides is 1. The Bertz CT molecular complexity index is 877. The van der Waals surface area contributed by atoms with Crippen LogP contribution in [-0.2, 0) is 21.2 Å². The Labute approximate surface area is 146 Å². The van der Waals surface area contributed by atoms with Crippen molar-refractivity contribution >= 4 is 27.3 Å². The summed E-state index contributed by atoms with van der Waals surface area (Å²) in [5.74, 6) is -0.462. The number of carbonyl (C=O) groups excluding carboxylic acids is 1. The highest BCUT2D eigenvalue weighted by Crippen LogP contribution is 2.33. The number of nitrogens with zero attached hydrogens (tertiary/aromatic N) is 1. The molecule has 5 nitrogen and oxygen atoms in total. The zero-order valence-electron chi connectivity index (χ0n) is 13.8. The van der Waals surface area contributed by atoms with Gasteiger partial charge in [0, 0.05) is 17.4 Å². The molecule has 0 bridgehead atoms. The highest BCUT2D eigenvalue weighted by molar-refractivity contribution is 7.92. The van der Waals surface area contributed by atoms with E-state index in [2.05, 4.69) is 4.72 Å². The lowest BCUT2D eigenvalue weighted by atomic mass is 10.1. The van der Waals surface area contributed by atoms with Crippen molar-refractivity contribution in [2.75, 3.05) is 15.9 Å². The summed E-state index contributed by atoms with van der Waals surface area (Å²) in [5.41, 5.74) is 1.79. The van der Waals surface area contributed by atoms with Crippen LogP contribution in [0.25, 0.3) is 0 Å². The monoisotopic (exact) mass is 362 g/mol. The van der Waals surface area contributed by atoms with E-state index in [0.29, 0.717) is 16.9 Å². The molecule has 2 aromatic carbocycles. The smallest absolute Gasteiger partial charge is 0.231 e. The molecule has 3 rings (SSSR count). The predicted octanol–water partition coefficient (Wildman–Crippen LogP) is 2.94. The molecule has 0 saturated heterocycles. The quantitative estimate of drug-likeness (QED) is 0.859. The largest absolute Gasteiger partial charge is 0.309 e. The average Bonchev–Trinajstić information content (AvgIpc) is 3.32. The third-order valence-corrected chi connectivity index (χ3v) is 4.48. The van der Waals surface area contributed by atoms with Crippen LogP contribution in [0.5, 0.6) is 0 Å². The lowest BCUT2D eigenvalue weighted by molar-refractivity contribution is -0.118. The van der Waals surface area contributed by atoms with Gasteiger partial charge < -0.3 is 4.90 Å². The van der Waals surface area contributed by atoms with Gasteiger partial charge in [0.05, 0.1) is 12.7 Å². The van der Waals surface area contributed by atoms with E-state index >= 15 is 0 Å². The van der Waals surface area contributed by atoms with Gasteiger partial charge in [0.25, 0.3) is 0 Å². The van der Waals surface area contributed by atoms with Crippen LogP contribution in [-0.4, -0.2) is 26.6 Å². The fourth-order valence-electron chi connectivity index (χ4n) is 2.70. The van der Waals surface area contributed by atoms with Gasteiger partial charge in [0.2, 0.25) is 15.9 Å². The zero-order chi connectivity index (χ0) is 18.0. The van der Waals surface area contributed by atoms with Crippen molar-refractivity contribution in [3.8, 4) is 0 Å². The normalized spacial score (nSPS) is 14.2. The first-order valence-corrected chi connectivity index (χ1v) is 9.85. The number of anilines is 2. The minimum absolute atomic E-state index is 0.100. The minimum Gasteiger partial charge on any atom is -0.309 e. The maximum atomic E-state index is 13.3. The average molecular weight is 362 g/mol. The molecule has 1 amide bonds. The van der Waals surface area contributed by atoms with E-state index in [-0.39, 0.29) is 24.2 Å². The minimum atomic E-state index is -3.34. The summed E-state index contributed by atoms with van der Waals surface area (Å²) in [6.07, 6.45) is 3.06. The standard InChI is InChI=1S/C18H19FN2O3S/c1-25(23,24)20-15-5-7-16(8-6-15)21(17-9-10-17)18(22)12-13-3-2-4-14(19)11-13/h2-8,11,17,20H,9-10,12H2,1H3. The van der Waals surface area contributed by atoms with E-state index in [9.17, 15) is 17.6 Å². The number of sulfonamides is 1. The molecule has 0 heterocycles. The molecular formula is C18H19FN2O3S. The van der Waals surface area contributed by atoms with Crippen molar-refractivity contribution in [2.24, 2.45) is 0 Å². The van der Waals surface area contributed by atoms with Crippen molar-refractivity contribution in [1.82, 2.24) is 0 Å². The van der Waals surface area contributed by atoms with Crippen LogP contribution < -0.4 is 9.62 Å². The van der Waals surface area contributed by atoms with E-state index in [4.69, 9.17) is 0 Å². The molecule has 1 aliphatic carbocycles. The number of nitrogens with one attached hydrogen (secondary N) is 1. The molecule has 132 valence electrons. The SMILES string of the molecule is CS(=O)(=O)Nc1ccc(N(C(=O)Cc2cccc(F)c2)C2CC2)cc1. The molecular weight excluding hydrogens is 343 g/mol. The first-order valence-electron chi connectivity index (χ1n) is 7.96. The van der Waals surface area contributed by atoms with Crippen LogP contribution in [0.4, 0.5) is 15.8 Å². The maximum Gasteiger partial charge on any atom is 0.231 e. The van der Waals surface area contributed by atoms with Crippen LogP contribution in [0.2, 0.25) is 0 Å². The molecule has 7 heteroatoms. The lowest BCUT2D eigenvalue weighted by Gasteiger charge is -2.23. The van der Waals surface area contributed by atoms with Crippen molar-refractivity contribution in [2.45, 2.75) is 25.3 Å². The van der Waals surface area contributed by atoms with Gasteiger partial charge in [-0.1, -0.05) is 12.1 Å². The van der Waals surface area contributed by atoms with Gasteiger partial charge in [-0.2, -0.15) is 0 Å². The number of hydrogen-bond acceptors (Lipinski definition) is 3. The van der Waals surface area contributed by atoms with Crippen LogP contribution >= 0.6 is 0 Å². The van der Waals surface area contributed by atoms with Gasteiger partial charge in [0.1, 0.15) is 5.82 Å². The lowest BCUT2D eigenvalue weighted by Crippen LogP contribution is -2.34. The highest BCUT2D eigenvalue weighted by Gasteiger charge is 2.33. The molecule has 1 N–H and O–H groups in total. The van der Waals surface area contributed by atoms with Crippen molar-refractivity contribution in [3.63, 3.8) is 0 Å².